The number of carbonyl (C=O) groups is 1. The predicted molar refractivity (Wildman–Crippen MR) is 81.0 cm³/mol. The molecule has 0 saturated carbocycles. The summed E-state index contributed by atoms with van der Waals surface area (Å²) in [4.78, 5) is 15.8. The molecule has 0 aliphatic carbocycles. The smallest absolute Gasteiger partial charge is 0.280 e. The van der Waals surface area contributed by atoms with E-state index >= 15 is 0 Å². The number of fused-ring (bicyclic) bond motifs is 1. The van der Waals surface area contributed by atoms with E-state index < -0.39 is 15.7 Å². The van der Waals surface area contributed by atoms with E-state index in [0.717, 1.165) is 11.1 Å². The number of amides is 1. The van der Waals surface area contributed by atoms with Gasteiger partial charge in [-0.25, -0.2) is 8.42 Å². The summed E-state index contributed by atoms with van der Waals surface area (Å²) in [6, 6.07) is 3.22. The van der Waals surface area contributed by atoms with Crippen molar-refractivity contribution in [2.24, 2.45) is 16.5 Å². The first kappa shape index (κ1) is 15.5. The number of hydrogen-bond donors (Lipinski definition) is 2. The van der Waals surface area contributed by atoms with Gasteiger partial charge in [-0.2, -0.15) is 4.99 Å². The number of sulfone groups is 1. The summed E-state index contributed by atoms with van der Waals surface area (Å²) in [5.41, 5.74) is 12.2. The summed E-state index contributed by atoms with van der Waals surface area (Å²) in [7, 11) is -3.35. The molecule has 1 aromatic carbocycles. The van der Waals surface area contributed by atoms with Crippen molar-refractivity contribution in [2.75, 3.05) is 5.75 Å². The molecule has 0 fully saturated rings. The topological polar surface area (TPSA) is 116 Å². The van der Waals surface area contributed by atoms with E-state index in [1.165, 1.54) is 6.07 Å². The molecule has 2 rings (SSSR count). The van der Waals surface area contributed by atoms with Gasteiger partial charge in [0.1, 0.15) is 0 Å². The first-order valence-corrected chi connectivity index (χ1v) is 8.45. The normalized spacial score (nSPS) is 19.6. The Morgan fingerprint density at radius 1 is 1.38 bits per heavy atom. The molecule has 114 valence electrons. The lowest BCUT2D eigenvalue weighted by Crippen LogP contribution is -2.25. The molecule has 6 nitrogen and oxygen atoms in total. The first-order valence-electron chi connectivity index (χ1n) is 6.79. The van der Waals surface area contributed by atoms with Crippen LogP contribution in [0.15, 0.2) is 22.0 Å². The molecule has 0 spiro atoms. The van der Waals surface area contributed by atoms with Crippen LogP contribution in [0.1, 0.15) is 47.7 Å². The third-order valence-electron chi connectivity index (χ3n) is 3.76. The second-order valence-corrected chi connectivity index (χ2v) is 7.33. The summed E-state index contributed by atoms with van der Waals surface area (Å²) < 4.78 is 24.4. The van der Waals surface area contributed by atoms with Crippen molar-refractivity contribution in [3.05, 3.63) is 28.8 Å². The second-order valence-electron chi connectivity index (χ2n) is 5.25. The highest BCUT2D eigenvalue weighted by molar-refractivity contribution is 7.91. The third kappa shape index (κ3) is 2.92. The van der Waals surface area contributed by atoms with Gasteiger partial charge >= 0.3 is 0 Å². The minimum atomic E-state index is -3.35. The van der Waals surface area contributed by atoms with Gasteiger partial charge in [0.25, 0.3) is 5.91 Å². The Bertz CT molecular complexity index is 719. The highest BCUT2D eigenvalue weighted by atomic mass is 32.2. The number of carbonyl (C=O) groups excluding carboxylic acids is 1. The van der Waals surface area contributed by atoms with Gasteiger partial charge in [0, 0.05) is 5.56 Å². The summed E-state index contributed by atoms with van der Waals surface area (Å²) in [6.07, 6.45) is 1.20. The monoisotopic (exact) mass is 309 g/mol. The van der Waals surface area contributed by atoms with Gasteiger partial charge in [-0.1, -0.05) is 19.9 Å². The lowest BCUT2D eigenvalue weighted by Gasteiger charge is -2.24. The average molecular weight is 309 g/mol. The van der Waals surface area contributed by atoms with Crippen LogP contribution in [0.5, 0.6) is 0 Å². The number of hydrogen-bond acceptors (Lipinski definition) is 3. The van der Waals surface area contributed by atoms with Crippen molar-refractivity contribution in [3.8, 4) is 0 Å². The third-order valence-corrected chi connectivity index (χ3v) is 5.56. The maximum atomic E-state index is 12.2. The fourth-order valence-corrected chi connectivity index (χ4v) is 4.37. The molecule has 0 saturated heterocycles. The molecule has 0 radical (unpaired) electrons. The molecular formula is C14H19N3O3S. The van der Waals surface area contributed by atoms with Crippen LogP contribution in [-0.4, -0.2) is 26.0 Å². The fraction of sp³-hybridized carbons (Fsp3) is 0.429. The van der Waals surface area contributed by atoms with Crippen molar-refractivity contribution in [1.82, 2.24) is 0 Å². The summed E-state index contributed by atoms with van der Waals surface area (Å²) >= 11 is 0. The number of nitrogens with two attached hydrogens (primary N) is 2. The molecule has 21 heavy (non-hydrogen) atoms. The molecular weight excluding hydrogens is 290 g/mol. The van der Waals surface area contributed by atoms with Crippen molar-refractivity contribution < 1.29 is 13.2 Å². The van der Waals surface area contributed by atoms with Crippen molar-refractivity contribution in [3.63, 3.8) is 0 Å². The van der Waals surface area contributed by atoms with Crippen LogP contribution < -0.4 is 11.5 Å². The van der Waals surface area contributed by atoms with Gasteiger partial charge in [0.15, 0.2) is 15.8 Å². The van der Waals surface area contributed by atoms with Crippen LogP contribution in [0.3, 0.4) is 0 Å². The van der Waals surface area contributed by atoms with Crippen molar-refractivity contribution >= 4 is 21.7 Å². The molecule has 1 aliphatic rings. The van der Waals surface area contributed by atoms with E-state index in [9.17, 15) is 13.2 Å². The average Bonchev–Trinajstić information content (AvgIpc) is 2.41. The van der Waals surface area contributed by atoms with Crippen LogP contribution in [0.4, 0.5) is 0 Å². The second kappa shape index (κ2) is 5.48. The number of rotatable bonds is 2. The molecule has 1 unspecified atom stereocenters. The molecule has 7 heteroatoms. The molecule has 1 aromatic rings. The molecule has 1 heterocycles. The lowest BCUT2D eigenvalue weighted by atomic mass is 9.92. The Morgan fingerprint density at radius 2 is 2.05 bits per heavy atom. The Morgan fingerprint density at radius 3 is 2.62 bits per heavy atom. The van der Waals surface area contributed by atoms with Crippen LogP contribution in [0.2, 0.25) is 0 Å². The van der Waals surface area contributed by atoms with Crippen LogP contribution in [-0.2, 0) is 16.3 Å². The minimum Gasteiger partial charge on any atom is -0.370 e. The number of aliphatic imine (C=N–C) groups is 1. The van der Waals surface area contributed by atoms with Gasteiger partial charge in [-0.3, -0.25) is 4.79 Å². The van der Waals surface area contributed by atoms with Crippen LogP contribution in [0.25, 0.3) is 0 Å². The molecule has 4 N–H and O–H groups in total. The van der Waals surface area contributed by atoms with Crippen LogP contribution >= 0.6 is 0 Å². The number of guanidine groups is 1. The van der Waals surface area contributed by atoms with E-state index in [-0.39, 0.29) is 28.1 Å². The largest absolute Gasteiger partial charge is 0.370 e. The zero-order chi connectivity index (χ0) is 15.8. The summed E-state index contributed by atoms with van der Waals surface area (Å²) in [5.74, 6) is -0.692. The standard InChI is InChI=1S/C14H19N3O3S/c1-3-9-6-10-8(2)4-5-21(19,20)12(10)7-11(9)13(18)17-14(15)16/h6-8H,3-5H2,1-2H3,(H4,15,16,17,18). The Kier molecular flexibility index (Phi) is 4.04. The summed E-state index contributed by atoms with van der Waals surface area (Å²) in [6.45, 7) is 3.89. The molecule has 1 aliphatic heterocycles. The summed E-state index contributed by atoms with van der Waals surface area (Å²) in [5, 5.41) is 0. The maximum absolute atomic E-state index is 12.2. The highest BCUT2D eigenvalue weighted by Crippen LogP contribution is 2.35. The van der Waals surface area contributed by atoms with E-state index in [2.05, 4.69) is 4.99 Å². The molecule has 1 amide bonds. The SMILES string of the molecule is CCc1cc2c(cc1C(=O)N=C(N)N)S(=O)(=O)CCC2C. The Balaban J connectivity index is 2.69. The molecule has 1 atom stereocenters. The number of aryl methyl sites for hydroxylation is 1. The van der Waals surface area contributed by atoms with E-state index in [0.29, 0.717) is 12.8 Å². The van der Waals surface area contributed by atoms with Gasteiger partial charge < -0.3 is 11.5 Å². The lowest BCUT2D eigenvalue weighted by molar-refractivity contribution is 0.100. The van der Waals surface area contributed by atoms with Crippen molar-refractivity contribution in [1.29, 1.82) is 0 Å². The zero-order valence-corrected chi connectivity index (χ0v) is 12.9. The van der Waals surface area contributed by atoms with Crippen LogP contribution in [0, 0.1) is 0 Å². The fourth-order valence-electron chi connectivity index (χ4n) is 2.56. The maximum Gasteiger partial charge on any atom is 0.280 e. The minimum absolute atomic E-state index is 0.0998. The molecule has 0 bridgehead atoms. The highest BCUT2D eigenvalue weighted by Gasteiger charge is 2.30. The van der Waals surface area contributed by atoms with Gasteiger partial charge in [-0.05, 0) is 36.0 Å². The Labute approximate surface area is 124 Å². The number of benzene rings is 1. The zero-order valence-electron chi connectivity index (χ0n) is 12.1. The number of nitrogens with zero attached hydrogens (tertiary/aromatic N) is 1. The van der Waals surface area contributed by atoms with E-state index in [1.54, 1.807) is 6.07 Å². The predicted octanol–water partition coefficient (Wildman–Crippen LogP) is 0.944. The Hall–Kier alpha value is -1.89. The van der Waals surface area contributed by atoms with Gasteiger partial charge in [0.2, 0.25) is 0 Å². The van der Waals surface area contributed by atoms with Gasteiger partial charge in [-0.15, -0.1) is 0 Å². The molecule has 0 aromatic heterocycles. The van der Waals surface area contributed by atoms with E-state index in [4.69, 9.17) is 11.5 Å². The first-order chi connectivity index (χ1) is 9.76. The van der Waals surface area contributed by atoms with E-state index in [1.807, 2.05) is 13.8 Å². The quantitative estimate of drug-likeness (QED) is 0.623. The van der Waals surface area contributed by atoms with Crippen molar-refractivity contribution in [2.45, 2.75) is 37.5 Å². The van der Waals surface area contributed by atoms with Gasteiger partial charge in [0.05, 0.1) is 10.6 Å².